The van der Waals surface area contributed by atoms with E-state index >= 15 is 0 Å². The van der Waals surface area contributed by atoms with E-state index < -0.39 is 0 Å². The molecule has 0 spiro atoms. The Morgan fingerprint density at radius 3 is 2.77 bits per heavy atom. The van der Waals surface area contributed by atoms with Gasteiger partial charge in [-0.3, -0.25) is 9.69 Å². The van der Waals surface area contributed by atoms with Crippen LogP contribution >= 0.6 is 0 Å². The van der Waals surface area contributed by atoms with Crippen LogP contribution in [0.2, 0.25) is 0 Å². The summed E-state index contributed by atoms with van der Waals surface area (Å²) in [6.07, 6.45) is 5.50. The lowest BCUT2D eigenvalue weighted by Crippen LogP contribution is -2.29. The minimum atomic E-state index is -0.278. The van der Waals surface area contributed by atoms with Crippen LogP contribution < -0.4 is 4.90 Å². The van der Waals surface area contributed by atoms with Crippen LogP contribution in [0, 0.1) is 5.92 Å². The van der Waals surface area contributed by atoms with Crippen LogP contribution in [-0.4, -0.2) is 28.6 Å². The summed E-state index contributed by atoms with van der Waals surface area (Å²) >= 11 is 0. The zero-order valence-corrected chi connectivity index (χ0v) is 12.0. The van der Waals surface area contributed by atoms with Crippen molar-refractivity contribution in [1.29, 1.82) is 0 Å². The minimum absolute atomic E-state index is 0.0433. The van der Waals surface area contributed by atoms with Crippen LogP contribution in [0.4, 0.5) is 5.95 Å². The first-order valence-corrected chi connectivity index (χ1v) is 7.12. The number of oxime groups is 1. The SMILES string of the molecule is O=C1C(/C=N/OCc2ccccc2)CCN1c1ncccn1. The van der Waals surface area contributed by atoms with Crippen molar-refractivity contribution in [2.24, 2.45) is 11.1 Å². The van der Waals surface area contributed by atoms with E-state index in [1.54, 1.807) is 29.6 Å². The molecule has 1 amide bonds. The maximum atomic E-state index is 12.3. The number of anilines is 1. The number of hydrogen-bond donors (Lipinski definition) is 0. The fraction of sp³-hybridized carbons (Fsp3) is 0.250. The number of amides is 1. The molecule has 2 heterocycles. The number of benzene rings is 1. The highest BCUT2D eigenvalue weighted by Gasteiger charge is 2.32. The first-order valence-electron chi connectivity index (χ1n) is 7.12. The van der Waals surface area contributed by atoms with Gasteiger partial charge in [-0.2, -0.15) is 0 Å². The second-order valence-corrected chi connectivity index (χ2v) is 4.95. The van der Waals surface area contributed by atoms with Gasteiger partial charge in [-0.25, -0.2) is 9.97 Å². The summed E-state index contributed by atoms with van der Waals surface area (Å²) in [5.41, 5.74) is 1.04. The summed E-state index contributed by atoms with van der Waals surface area (Å²) in [6, 6.07) is 11.5. The molecule has 1 saturated heterocycles. The third-order valence-corrected chi connectivity index (χ3v) is 3.43. The molecule has 1 atom stereocenters. The normalized spacial score (nSPS) is 18.1. The number of carbonyl (C=O) groups excluding carboxylic acids is 1. The van der Waals surface area contributed by atoms with Gasteiger partial charge in [0.1, 0.15) is 6.61 Å². The molecule has 0 aliphatic carbocycles. The van der Waals surface area contributed by atoms with Crippen molar-refractivity contribution < 1.29 is 9.63 Å². The van der Waals surface area contributed by atoms with Crippen molar-refractivity contribution in [2.75, 3.05) is 11.4 Å². The van der Waals surface area contributed by atoms with Crippen LogP contribution in [0.1, 0.15) is 12.0 Å². The monoisotopic (exact) mass is 296 g/mol. The summed E-state index contributed by atoms with van der Waals surface area (Å²) in [6.45, 7) is 0.988. The Balaban J connectivity index is 1.53. The summed E-state index contributed by atoms with van der Waals surface area (Å²) < 4.78 is 0. The lowest BCUT2D eigenvalue weighted by molar-refractivity contribution is -0.118. The predicted octanol–water partition coefficient (Wildman–Crippen LogP) is 2.03. The van der Waals surface area contributed by atoms with Crippen LogP contribution in [0.5, 0.6) is 0 Å². The van der Waals surface area contributed by atoms with Gasteiger partial charge in [-0.05, 0) is 18.1 Å². The zero-order chi connectivity index (χ0) is 15.2. The fourth-order valence-corrected chi connectivity index (χ4v) is 2.27. The molecule has 2 aromatic rings. The summed E-state index contributed by atoms with van der Waals surface area (Å²) in [7, 11) is 0. The van der Waals surface area contributed by atoms with Gasteiger partial charge in [0.25, 0.3) is 0 Å². The highest BCUT2D eigenvalue weighted by Crippen LogP contribution is 2.20. The molecule has 1 fully saturated rings. The molecule has 1 aromatic heterocycles. The fourth-order valence-electron chi connectivity index (χ4n) is 2.27. The van der Waals surface area contributed by atoms with Crippen molar-refractivity contribution >= 4 is 18.1 Å². The lowest BCUT2D eigenvalue weighted by Gasteiger charge is -2.12. The molecule has 0 N–H and O–H groups in total. The molecule has 3 rings (SSSR count). The Bertz CT molecular complexity index is 646. The standard InChI is InChI=1S/C16H16N4O2/c21-15-14(7-10-20(15)16-17-8-4-9-18-16)11-19-22-12-13-5-2-1-3-6-13/h1-6,8-9,11,14H,7,10,12H2/b19-11+. The first-order chi connectivity index (χ1) is 10.8. The van der Waals surface area contributed by atoms with E-state index in [0.717, 1.165) is 5.56 Å². The maximum Gasteiger partial charge on any atom is 0.238 e. The zero-order valence-electron chi connectivity index (χ0n) is 12.0. The molecule has 1 aliphatic rings. The van der Waals surface area contributed by atoms with E-state index in [-0.39, 0.29) is 11.8 Å². The molecule has 6 heteroatoms. The average Bonchev–Trinajstić information content (AvgIpc) is 2.94. The summed E-state index contributed by atoms with van der Waals surface area (Å²) in [5.74, 6) is 0.117. The molecule has 112 valence electrons. The van der Waals surface area contributed by atoms with Gasteiger partial charge >= 0.3 is 0 Å². The Morgan fingerprint density at radius 2 is 2.00 bits per heavy atom. The van der Waals surface area contributed by atoms with E-state index in [0.29, 0.717) is 25.5 Å². The molecule has 22 heavy (non-hydrogen) atoms. The Hall–Kier alpha value is -2.76. The molecule has 1 unspecified atom stereocenters. The molecule has 1 aliphatic heterocycles. The van der Waals surface area contributed by atoms with Crippen molar-refractivity contribution in [3.05, 3.63) is 54.4 Å². The number of aromatic nitrogens is 2. The van der Waals surface area contributed by atoms with Gasteiger partial charge in [0.2, 0.25) is 11.9 Å². The number of nitrogens with zero attached hydrogens (tertiary/aromatic N) is 4. The van der Waals surface area contributed by atoms with Crippen LogP contribution in [0.15, 0.2) is 53.9 Å². The molecular weight excluding hydrogens is 280 g/mol. The lowest BCUT2D eigenvalue weighted by atomic mass is 10.1. The third-order valence-electron chi connectivity index (χ3n) is 3.43. The molecule has 0 radical (unpaired) electrons. The summed E-state index contributed by atoms with van der Waals surface area (Å²) in [4.78, 5) is 27.3. The van der Waals surface area contributed by atoms with Crippen molar-refractivity contribution in [2.45, 2.75) is 13.0 Å². The smallest absolute Gasteiger partial charge is 0.238 e. The molecule has 6 nitrogen and oxygen atoms in total. The van der Waals surface area contributed by atoms with Gasteiger partial charge in [0.15, 0.2) is 0 Å². The molecule has 0 saturated carbocycles. The van der Waals surface area contributed by atoms with Crippen molar-refractivity contribution in [3.63, 3.8) is 0 Å². The minimum Gasteiger partial charge on any atom is -0.391 e. The Labute approximate surface area is 128 Å². The number of hydrogen-bond acceptors (Lipinski definition) is 5. The van der Waals surface area contributed by atoms with Gasteiger partial charge in [-0.15, -0.1) is 0 Å². The highest BCUT2D eigenvalue weighted by atomic mass is 16.6. The van der Waals surface area contributed by atoms with E-state index in [2.05, 4.69) is 15.1 Å². The Kier molecular flexibility index (Phi) is 4.38. The van der Waals surface area contributed by atoms with E-state index in [9.17, 15) is 4.79 Å². The second kappa shape index (κ2) is 6.80. The number of carbonyl (C=O) groups is 1. The quantitative estimate of drug-likeness (QED) is 0.625. The topological polar surface area (TPSA) is 67.7 Å². The van der Waals surface area contributed by atoms with Crippen molar-refractivity contribution in [3.8, 4) is 0 Å². The predicted molar refractivity (Wildman–Crippen MR) is 82.2 cm³/mol. The van der Waals surface area contributed by atoms with E-state index in [4.69, 9.17) is 4.84 Å². The van der Waals surface area contributed by atoms with E-state index in [1.807, 2.05) is 30.3 Å². The molecule has 0 bridgehead atoms. The molecular formula is C16H16N4O2. The number of rotatable bonds is 5. The van der Waals surface area contributed by atoms with E-state index in [1.165, 1.54) is 0 Å². The van der Waals surface area contributed by atoms with Crippen LogP contribution in [-0.2, 0) is 16.2 Å². The van der Waals surface area contributed by atoms with Gasteiger partial charge in [0.05, 0.1) is 12.1 Å². The molecule has 1 aromatic carbocycles. The van der Waals surface area contributed by atoms with Gasteiger partial charge in [-0.1, -0.05) is 35.5 Å². The average molecular weight is 296 g/mol. The third kappa shape index (κ3) is 3.28. The van der Waals surface area contributed by atoms with Crippen LogP contribution in [0.25, 0.3) is 0 Å². The first kappa shape index (κ1) is 14.2. The summed E-state index contributed by atoms with van der Waals surface area (Å²) in [5, 5.41) is 3.91. The van der Waals surface area contributed by atoms with Crippen LogP contribution in [0.3, 0.4) is 0 Å². The van der Waals surface area contributed by atoms with Gasteiger partial charge < -0.3 is 4.84 Å². The van der Waals surface area contributed by atoms with Gasteiger partial charge in [0, 0.05) is 18.9 Å². The highest BCUT2D eigenvalue weighted by molar-refractivity contribution is 6.04. The Morgan fingerprint density at radius 1 is 1.23 bits per heavy atom. The van der Waals surface area contributed by atoms with Crippen molar-refractivity contribution in [1.82, 2.24) is 9.97 Å². The maximum absolute atomic E-state index is 12.3. The second-order valence-electron chi connectivity index (χ2n) is 4.95. The largest absolute Gasteiger partial charge is 0.391 e.